The Kier molecular flexibility index (Phi) is 6.15. The second-order valence-electron chi connectivity index (χ2n) is 5.95. The fraction of sp³-hybridized carbons (Fsp3) is 0.500. The van der Waals surface area contributed by atoms with Gasteiger partial charge >= 0.3 is 0 Å². The van der Waals surface area contributed by atoms with Crippen LogP contribution < -0.4 is 5.32 Å². The summed E-state index contributed by atoms with van der Waals surface area (Å²) in [7, 11) is 2.19. The number of pyridine rings is 1. The first kappa shape index (κ1) is 15.9. The highest BCUT2D eigenvalue weighted by Gasteiger charge is 2.02. The van der Waals surface area contributed by atoms with E-state index in [1.54, 1.807) is 0 Å². The van der Waals surface area contributed by atoms with E-state index in [4.69, 9.17) is 0 Å². The monoisotopic (exact) mass is 285 g/mol. The van der Waals surface area contributed by atoms with Crippen molar-refractivity contribution in [2.24, 2.45) is 0 Å². The largest absolute Gasteiger partial charge is 0.311 e. The van der Waals surface area contributed by atoms with Crippen LogP contribution in [0.1, 0.15) is 32.4 Å². The summed E-state index contributed by atoms with van der Waals surface area (Å²) in [6, 6.07) is 13.2. The number of para-hydroxylation sites is 1. The number of benzene rings is 1. The number of hydrogen-bond acceptors (Lipinski definition) is 3. The van der Waals surface area contributed by atoms with Gasteiger partial charge < -0.3 is 10.2 Å². The van der Waals surface area contributed by atoms with Crippen LogP contribution in [-0.2, 0) is 6.54 Å². The molecule has 0 aliphatic heterocycles. The first-order valence-electron chi connectivity index (χ1n) is 7.92. The lowest BCUT2D eigenvalue weighted by Gasteiger charge is -2.20. The van der Waals surface area contributed by atoms with Crippen LogP contribution in [0.4, 0.5) is 0 Å². The minimum absolute atomic E-state index is 0.639. The minimum atomic E-state index is 0.639. The molecule has 0 radical (unpaired) electrons. The summed E-state index contributed by atoms with van der Waals surface area (Å²) in [5.41, 5.74) is 2.20. The second-order valence-corrected chi connectivity index (χ2v) is 5.95. The molecule has 0 fully saturated rings. The molecule has 1 aromatic carbocycles. The lowest BCUT2D eigenvalue weighted by molar-refractivity contribution is 0.268. The van der Waals surface area contributed by atoms with Crippen molar-refractivity contribution in [2.75, 3.05) is 20.1 Å². The lowest BCUT2D eigenvalue weighted by atomic mass is 10.2. The number of nitrogens with zero attached hydrogens (tertiary/aromatic N) is 2. The molecule has 1 heterocycles. The summed E-state index contributed by atoms with van der Waals surface area (Å²) >= 11 is 0. The third-order valence-electron chi connectivity index (χ3n) is 3.96. The molecular weight excluding hydrogens is 258 g/mol. The SMILES string of the molecule is CC(C)N(C)CCCCNCc1ccc2ccccc2n1. The number of rotatable bonds is 8. The van der Waals surface area contributed by atoms with Crippen LogP contribution in [0, 0.1) is 0 Å². The highest BCUT2D eigenvalue weighted by Crippen LogP contribution is 2.11. The molecule has 0 amide bonds. The molecule has 21 heavy (non-hydrogen) atoms. The third kappa shape index (κ3) is 5.10. The van der Waals surface area contributed by atoms with E-state index >= 15 is 0 Å². The molecule has 0 bridgehead atoms. The van der Waals surface area contributed by atoms with Crippen molar-refractivity contribution in [2.45, 2.75) is 39.3 Å². The van der Waals surface area contributed by atoms with E-state index in [1.807, 2.05) is 6.07 Å². The van der Waals surface area contributed by atoms with Gasteiger partial charge in [0.2, 0.25) is 0 Å². The van der Waals surface area contributed by atoms with Crippen LogP contribution >= 0.6 is 0 Å². The van der Waals surface area contributed by atoms with Gasteiger partial charge in [-0.25, -0.2) is 0 Å². The van der Waals surface area contributed by atoms with Crippen molar-refractivity contribution in [3.8, 4) is 0 Å². The van der Waals surface area contributed by atoms with Gasteiger partial charge in [0.05, 0.1) is 11.2 Å². The Balaban J connectivity index is 1.68. The average Bonchev–Trinajstić information content (AvgIpc) is 2.50. The molecule has 1 aromatic heterocycles. The standard InChI is InChI=1S/C18H27N3/c1-15(2)21(3)13-7-6-12-19-14-17-11-10-16-8-4-5-9-18(16)20-17/h4-5,8-11,15,19H,6-7,12-14H2,1-3H3. The van der Waals surface area contributed by atoms with E-state index in [2.05, 4.69) is 66.4 Å². The van der Waals surface area contributed by atoms with E-state index in [0.717, 1.165) is 24.3 Å². The fourth-order valence-corrected chi connectivity index (χ4v) is 2.29. The van der Waals surface area contributed by atoms with E-state index in [0.29, 0.717) is 6.04 Å². The number of unbranched alkanes of at least 4 members (excludes halogenated alkanes) is 1. The molecule has 3 nitrogen and oxygen atoms in total. The predicted octanol–water partition coefficient (Wildman–Crippen LogP) is 3.44. The molecule has 0 spiro atoms. The molecular formula is C18H27N3. The van der Waals surface area contributed by atoms with E-state index in [-0.39, 0.29) is 0 Å². The Morgan fingerprint density at radius 1 is 1.10 bits per heavy atom. The van der Waals surface area contributed by atoms with Crippen molar-refractivity contribution < 1.29 is 0 Å². The van der Waals surface area contributed by atoms with Gasteiger partial charge in [-0.05, 0) is 59.0 Å². The topological polar surface area (TPSA) is 28.2 Å². The van der Waals surface area contributed by atoms with Crippen LogP contribution in [0.5, 0.6) is 0 Å². The van der Waals surface area contributed by atoms with Crippen molar-refractivity contribution in [3.05, 3.63) is 42.1 Å². The van der Waals surface area contributed by atoms with Gasteiger partial charge in [-0.15, -0.1) is 0 Å². The van der Waals surface area contributed by atoms with Crippen LogP contribution in [0.2, 0.25) is 0 Å². The van der Waals surface area contributed by atoms with Gasteiger partial charge in [-0.3, -0.25) is 4.98 Å². The fourth-order valence-electron chi connectivity index (χ4n) is 2.29. The van der Waals surface area contributed by atoms with Gasteiger partial charge in [0.25, 0.3) is 0 Å². The normalized spacial score (nSPS) is 11.7. The Morgan fingerprint density at radius 3 is 2.71 bits per heavy atom. The average molecular weight is 285 g/mol. The van der Waals surface area contributed by atoms with E-state index in [1.165, 1.54) is 24.8 Å². The van der Waals surface area contributed by atoms with Crippen molar-refractivity contribution >= 4 is 10.9 Å². The molecule has 2 aromatic rings. The molecule has 2 rings (SSSR count). The molecule has 3 heteroatoms. The van der Waals surface area contributed by atoms with Gasteiger partial charge in [0.15, 0.2) is 0 Å². The Bertz CT molecular complexity index is 551. The van der Waals surface area contributed by atoms with Crippen LogP contribution in [0.3, 0.4) is 0 Å². The first-order chi connectivity index (χ1) is 10.2. The highest BCUT2D eigenvalue weighted by atomic mass is 15.1. The van der Waals surface area contributed by atoms with E-state index < -0.39 is 0 Å². The summed E-state index contributed by atoms with van der Waals surface area (Å²) < 4.78 is 0. The third-order valence-corrected chi connectivity index (χ3v) is 3.96. The maximum absolute atomic E-state index is 4.67. The summed E-state index contributed by atoms with van der Waals surface area (Å²) in [4.78, 5) is 7.07. The molecule has 0 aliphatic carbocycles. The predicted molar refractivity (Wildman–Crippen MR) is 90.4 cm³/mol. The zero-order valence-corrected chi connectivity index (χ0v) is 13.5. The number of aromatic nitrogens is 1. The first-order valence-corrected chi connectivity index (χ1v) is 7.92. The molecule has 114 valence electrons. The Morgan fingerprint density at radius 2 is 1.90 bits per heavy atom. The van der Waals surface area contributed by atoms with Gasteiger partial charge in [0, 0.05) is 18.0 Å². The molecule has 0 saturated carbocycles. The number of fused-ring (bicyclic) bond motifs is 1. The molecule has 1 N–H and O–H groups in total. The molecule has 0 unspecified atom stereocenters. The number of hydrogen-bond donors (Lipinski definition) is 1. The van der Waals surface area contributed by atoms with Gasteiger partial charge in [0.1, 0.15) is 0 Å². The Hall–Kier alpha value is -1.45. The maximum atomic E-state index is 4.67. The summed E-state index contributed by atoms with van der Waals surface area (Å²) in [6.45, 7) is 7.56. The maximum Gasteiger partial charge on any atom is 0.0705 e. The summed E-state index contributed by atoms with van der Waals surface area (Å²) in [6.07, 6.45) is 2.46. The van der Waals surface area contributed by atoms with Gasteiger partial charge in [-0.1, -0.05) is 24.3 Å². The molecule has 0 aliphatic rings. The molecule has 0 saturated heterocycles. The van der Waals surface area contributed by atoms with E-state index in [9.17, 15) is 0 Å². The highest BCUT2D eigenvalue weighted by molar-refractivity contribution is 5.78. The van der Waals surface area contributed by atoms with Crippen molar-refractivity contribution in [3.63, 3.8) is 0 Å². The van der Waals surface area contributed by atoms with Crippen molar-refractivity contribution in [1.82, 2.24) is 15.2 Å². The van der Waals surface area contributed by atoms with Crippen LogP contribution in [0.15, 0.2) is 36.4 Å². The minimum Gasteiger partial charge on any atom is -0.311 e. The van der Waals surface area contributed by atoms with Gasteiger partial charge in [-0.2, -0.15) is 0 Å². The smallest absolute Gasteiger partial charge is 0.0705 e. The molecule has 0 atom stereocenters. The summed E-state index contributed by atoms with van der Waals surface area (Å²) in [5, 5.41) is 4.69. The zero-order chi connectivity index (χ0) is 15.1. The zero-order valence-electron chi connectivity index (χ0n) is 13.5. The number of nitrogens with one attached hydrogen (secondary N) is 1. The lowest BCUT2D eigenvalue weighted by Crippen LogP contribution is -2.27. The summed E-state index contributed by atoms with van der Waals surface area (Å²) in [5.74, 6) is 0. The quantitative estimate of drug-likeness (QED) is 0.753. The van der Waals surface area contributed by atoms with Crippen molar-refractivity contribution in [1.29, 1.82) is 0 Å². The second kappa shape index (κ2) is 8.11. The Labute approximate surface area is 128 Å². The van der Waals surface area contributed by atoms with Crippen LogP contribution in [0.25, 0.3) is 10.9 Å². The van der Waals surface area contributed by atoms with Crippen LogP contribution in [-0.4, -0.2) is 36.1 Å².